The molecular formula is C17H17ClN6OS. The van der Waals surface area contributed by atoms with Crippen LogP contribution < -0.4 is 10.6 Å². The number of hydrogen-bond acceptors (Lipinski definition) is 6. The third-order valence-electron chi connectivity index (χ3n) is 4.24. The Labute approximate surface area is 159 Å². The van der Waals surface area contributed by atoms with Crippen LogP contribution in [0.5, 0.6) is 0 Å². The fourth-order valence-electron chi connectivity index (χ4n) is 2.90. The van der Waals surface area contributed by atoms with E-state index in [1.165, 1.54) is 11.3 Å². The minimum absolute atomic E-state index is 0.290. The first-order chi connectivity index (χ1) is 12.7. The summed E-state index contributed by atoms with van der Waals surface area (Å²) in [6.07, 6.45) is 4.02. The summed E-state index contributed by atoms with van der Waals surface area (Å²) in [6.45, 7) is 1.91. The van der Waals surface area contributed by atoms with Gasteiger partial charge in [-0.3, -0.25) is 14.8 Å². The molecule has 2 aromatic heterocycles. The lowest BCUT2D eigenvalue weighted by atomic mass is 10.1. The summed E-state index contributed by atoms with van der Waals surface area (Å²) in [6, 6.07) is 9.41. The predicted molar refractivity (Wildman–Crippen MR) is 102 cm³/mol. The SMILES string of the molecule is O=C(Nc1nnc(-c2ccccc2Cl)s1)c1ccn(C2CCCNC2)n1. The largest absolute Gasteiger partial charge is 0.315 e. The second-order valence-electron chi connectivity index (χ2n) is 6.03. The fourth-order valence-corrected chi connectivity index (χ4v) is 3.96. The fraction of sp³-hybridized carbons (Fsp3) is 0.294. The van der Waals surface area contributed by atoms with Crippen LogP contribution in [0.15, 0.2) is 36.5 Å². The molecule has 1 saturated heterocycles. The van der Waals surface area contributed by atoms with E-state index in [1.807, 2.05) is 29.1 Å². The molecule has 3 heterocycles. The highest BCUT2D eigenvalue weighted by molar-refractivity contribution is 7.18. The van der Waals surface area contributed by atoms with Crippen molar-refractivity contribution in [2.24, 2.45) is 0 Å². The van der Waals surface area contributed by atoms with E-state index >= 15 is 0 Å². The molecular weight excluding hydrogens is 372 g/mol. The zero-order valence-electron chi connectivity index (χ0n) is 13.9. The number of carbonyl (C=O) groups is 1. The molecule has 7 nitrogen and oxygen atoms in total. The van der Waals surface area contributed by atoms with E-state index in [9.17, 15) is 4.79 Å². The van der Waals surface area contributed by atoms with E-state index in [1.54, 1.807) is 12.1 Å². The normalized spacial score (nSPS) is 17.2. The topological polar surface area (TPSA) is 84.7 Å². The quantitative estimate of drug-likeness (QED) is 0.716. The Balaban J connectivity index is 1.45. The van der Waals surface area contributed by atoms with E-state index in [-0.39, 0.29) is 5.91 Å². The number of hydrogen-bond donors (Lipinski definition) is 2. The number of aromatic nitrogens is 4. The molecule has 26 heavy (non-hydrogen) atoms. The Morgan fingerprint density at radius 2 is 2.19 bits per heavy atom. The van der Waals surface area contributed by atoms with E-state index < -0.39 is 0 Å². The van der Waals surface area contributed by atoms with Crippen molar-refractivity contribution in [3.05, 3.63) is 47.2 Å². The maximum Gasteiger partial charge on any atom is 0.277 e. The Morgan fingerprint density at radius 3 is 3.00 bits per heavy atom. The maximum atomic E-state index is 12.4. The standard InChI is InChI=1S/C17H17ClN6OS/c18-13-6-2-1-5-12(13)16-21-22-17(26-16)20-15(25)14-7-9-24(23-14)11-4-3-8-19-10-11/h1-2,5-7,9,11,19H,3-4,8,10H2,(H,20,22,25). The molecule has 134 valence electrons. The van der Waals surface area contributed by atoms with Gasteiger partial charge < -0.3 is 5.32 Å². The number of anilines is 1. The molecule has 1 unspecified atom stereocenters. The molecule has 1 amide bonds. The number of nitrogens with zero attached hydrogens (tertiary/aromatic N) is 4. The van der Waals surface area contributed by atoms with Gasteiger partial charge in [0.05, 0.1) is 11.1 Å². The third kappa shape index (κ3) is 3.62. The molecule has 1 aliphatic heterocycles. The highest BCUT2D eigenvalue weighted by Crippen LogP contribution is 2.31. The number of piperidine rings is 1. The van der Waals surface area contributed by atoms with Gasteiger partial charge in [0.2, 0.25) is 5.13 Å². The molecule has 1 fully saturated rings. The lowest BCUT2D eigenvalue weighted by Gasteiger charge is -2.22. The van der Waals surface area contributed by atoms with Crippen LogP contribution in [0.4, 0.5) is 5.13 Å². The molecule has 0 saturated carbocycles. The van der Waals surface area contributed by atoms with Gasteiger partial charge in [0.1, 0.15) is 0 Å². The molecule has 4 rings (SSSR count). The average Bonchev–Trinajstić information content (AvgIpc) is 3.33. The van der Waals surface area contributed by atoms with Crippen molar-refractivity contribution < 1.29 is 4.79 Å². The van der Waals surface area contributed by atoms with Gasteiger partial charge in [-0.25, -0.2) is 0 Å². The first-order valence-electron chi connectivity index (χ1n) is 8.36. The van der Waals surface area contributed by atoms with Crippen LogP contribution in [0, 0.1) is 0 Å². The second-order valence-corrected chi connectivity index (χ2v) is 7.41. The molecule has 1 aromatic carbocycles. The Morgan fingerprint density at radius 1 is 1.31 bits per heavy atom. The third-order valence-corrected chi connectivity index (χ3v) is 5.44. The zero-order chi connectivity index (χ0) is 17.9. The number of nitrogens with one attached hydrogen (secondary N) is 2. The van der Waals surface area contributed by atoms with Gasteiger partial charge in [0.25, 0.3) is 5.91 Å². The van der Waals surface area contributed by atoms with E-state index in [0.717, 1.165) is 31.5 Å². The molecule has 0 spiro atoms. The van der Waals surface area contributed by atoms with E-state index in [4.69, 9.17) is 11.6 Å². The minimum atomic E-state index is -0.297. The molecule has 0 aliphatic carbocycles. The van der Waals surface area contributed by atoms with Crippen LogP contribution in [0.2, 0.25) is 5.02 Å². The van der Waals surface area contributed by atoms with Gasteiger partial charge in [-0.2, -0.15) is 5.10 Å². The summed E-state index contributed by atoms with van der Waals surface area (Å²) in [5, 5.41) is 20.3. The molecule has 9 heteroatoms. The van der Waals surface area contributed by atoms with Crippen LogP contribution in [0.1, 0.15) is 29.4 Å². The molecule has 2 N–H and O–H groups in total. The zero-order valence-corrected chi connectivity index (χ0v) is 15.4. The van der Waals surface area contributed by atoms with Crippen molar-refractivity contribution in [1.82, 2.24) is 25.3 Å². The van der Waals surface area contributed by atoms with E-state index in [0.29, 0.717) is 26.9 Å². The van der Waals surface area contributed by atoms with Crippen molar-refractivity contribution in [2.45, 2.75) is 18.9 Å². The van der Waals surface area contributed by atoms with Crippen molar-refractivity contribution in [3.63, 3.8) is 0 Å². The first kappa shape index (κ1) is 17.1. The minimum Gasteiger partial charge on any atom is -0.315 e. The Bertz CT molecular complexity index is 917. The van der Waals surface area contributed by atoms with Crippen LogP contribution in [-0.4, -0.2) is 39.0 Å². The first-order valence-corrected chi connectivity index (χ1v) is 9.56. The summed E-state index contributed by atoms with van der Waals surface area (Å²) in [4.78, 5) is 12.4. The van der Waals surface area contributed by atoms with Gasteiger partial charge in [0, 0.05) is 18.3 Å². The van der Waals surface area contributed by atoms with Crippen LogP contribution in [0.25, 0.3) is 10.6 Å². The lowest BCUT2D eigenvalue weighted by molar-refractivity contribution is 0.102. The van der Waals surface area contributed by atoms with Crippen LogP contribution in [-0.2, 0) is 0 Å². The highest BCUT2D eigenvalue weighted by atomic mass is 35.5. The van der Waals surface area contributed by atoms with Gasteiger partial charge in [-0.05, 0) is 31.5 Å². The Hall–Kier alpha value is -2.29. The molecule has 1 aliphatic rings. The summed E-state index contributed by atoms with van der Waals surface area (Å²) in [5.74, 6) is -0.297. The summed E-state index contributed by atoms with van der Waals surface area (Å²) in [5.41, 5.74) is 1.16. The number of carbonyl (C=O) groups excluding carboxylic acids is 1. The van der Waals surface area contributed by atoms with Crippen molar-refractivity contribution >= 4 is 34.0 Å². The molecule has 0 radical (unpaired) electrons. The summed E-state index contributed by atoms with van der Waals surface area (Å²) < 4.78 is 1.86. The van der Waals surface area contributed by atoms with E-state index in [2.05, 4.69) is 25.9 Å². The van der Waals surface area contributed by atoms with Gasteiger partial charge in [-0.1, -0.05) is 41.1 Å². The number of amides is 1. The number of benzene rings is 1. The molecule has 1 atom stereocenters. The Kier molecular flexibility index (Phi) is 4.96. The van der Waals surface area contributed by atoms with Gasteiger partial charge in [-0.15, -0.1) is 10.2 Å². The monoisotopic (exact) mass is 388 g/mol. The summed E-state index contributed by atoms with van der Waals surface area (Å²) >= 11 is 7.45. The number of halogens is 1. The second kappa shape index (κ2) is 7.53. The lowest BCUT2D eigenvalue weighted by Crippen LogP contribution is -2.32. The van der Waals surface area contributed by atoms with Crippen LogP contribution in [0.3, 0.4) is 0 Å². The molecule has 3 aromatic rings. The average molecular weight is 389 g/mol. The highest BCUT2D eigenvalue weighted by Gasteiger charge is 2.19. The smallest absolute Gasteiger partial charge is 0.277 e. The molecule has 0 bridgehead atoms. The number of rotatable bonds is 4. The maximum absolute atomic E-state index is 12.4. The van der Waals surface area contributed by atoms with Crippen molar-refractivity contribution in [3.8, 4) is 10.6 Å². The van der Waals surface area contributed by atoms with Gasteiger partial charge >= 0.3 is 0 Å². The predicted octanol–water partition coefficient (Wildman–Crippen LogP) is 3.23. The van der Waals surface area contributed by atoms with Crippen molar-refractivity contribution in [2.75, 3.05) is 18.4 Å². The van der Waals surface area contributed by atoms with Gasteiger partial charge in [0.15, 0.2) is 10.7 Å². The van der Waals surface area contributed by atoms with Crippen LogP contribution >= 0.6 is 22.9 Å². The van der Waals surface area contributed by atoms with Crippen molar-refractivity contribution in [1.29, 1.82) is 0 Å². The summed E-state index contributed by atoms with van der Waals surface area (Å²) in [7, 11) is 0.